The molecule has 14 nitrogen and oxygen atoms in total. The van der Waals surface area contributed by atoms with Crippen LogP contribution >= 0.6 is 39.9 Å². The molecule has 344 valence electrons. The van der Waals surface area contributed by atoms with Crippen LogP contribution < -0.4 is 10.6 Å². The molecule has 0 radical (unpaired) electrons. The van der Waals surface area contributed by atoms with Gasteiger partial charge in [0, 0.05) is 23.5 Å². The molecule has 65 heavy (non-hydrogen) atoms. The molecular weight excluding hydrogens is 917 g/mol. The summed E-state index contributed by atoms with van der Waals surface area (Å²) in [5.74, 6) is 1.45. The number of nitrogens with zero attached hydrogens (tertiary/aromatic N) is 9. The Morgan fingerprint density at radius 2 is 1.12 bits per heavy atom. The Hall–Kier alpha value is -4.29. The molecule has 17 heteroatoms. The molecule has 6 aromatic rings. The predicted molar refractivity (Wildman–Crippen MR) is 265 cm³/mol. The van der Waals surface area contributed by atoms with Crippen LogP contribution in [0.15, 0.2) is 39.1 Å². The number of anilines is 4. The van der Waals surface area contributed by atoms with Gasteiger partial charge in [0.2, 0.25) is 21.8 Å². The lowest BCUT2D eigenvalue weighted by Crippen LogP contribution is -2.20. The van der Waals surface area contributed by atoms with Gasteiger partial charge in [0.1, 0.15) is 9.63 Å². The van der Waals surface area contributed by atoms with Crippen LogP contribution in [0.1, 0.15) is 145 Å². The molecule has 2 fully saturated rings. The van der Waals surface area contributed by atoms with E-state index in [0.29, 0.717) is 34.1 Å². The molecule has 4 heterocycles. The van der Waals surface area contributed by atoms with E-state index in [2.05, 4.69) is 143 Å². The molecule has 6 aliphatic rings. The van der Waals surface area contributed by atoms with Gasteiger partial charge in [0.15, 0.2) is 0 Å². The molecule has 2 atom stereocenters. The van der Waals surface area contributed by atoms with Gasteiger partial charge in [-0.3, -0.25) is 19.6 Å². The number of nitrogens with one attached hydrogen (secondary N) is 5. The molecule has 0 bridgehead atoms. The van der Waals surface area contributed by atoms with Crippen LogP contribution in [0.2, 0.25) is 0 Å². The van der Waals surface area contributed by atoms with Crippen LogP contribution in [-0.4, -0.2) is 87.9 Å². The Morgan fingerprint density at radius 3 is 1.58 bits per heavy atom. The summed E-state index contributed by atoms with van der Waals surface area (Å²) in [5, 5.41) is 31.6. The van der Waals surface area contributed by atoms with Gasteiger partial charge in [-0.15, -0.1) is 5.10 Å². The normalized spacial score (nSPS) is 17.9. The van der Waals surface area contributed by atoms with Crippen LogP contribution in [0.3, 0.4) is 0 Å². The van der Waals surface area contributed by atoms with Crippen molar-refractivity contribution in [3.8, 4) is 0 Å². The minimum atomic E-state index is 0.323. The SMILES string of the molecule is CC(c1cc(Br)nn1C1CC1)N(C)C.CC(c1cc(Sc2n[nH]c(Nc3c4c(cc5c3CCC5)CCC4)n2)nn1C1CC1)N(C)C.S=c1nc(Nc2c3c(cc4c2CCC4)CCC3)[nH][nH]1. The number of hydrogen-bond donors (Lipinski definition) is 5. The van der Waals surface area contributed by atoms with Gasteiger partial charge >= 0.3 is 0 Å². The Labute approximate surface area is 400 Å². The molecule has 6 aliphatic carbocycles. The van der Waals surface area contributed by atoms with Crippen LogP contribution in [0.25, 0.3) is 0 Å². The van der Waals surface area contributed by atoms with Crippen molar-refractivity contribution in [1.82, 2.24) is 59.7 Å². The van der Waals surface area contributed by atoms with Crippen molar-refractivity contribution < 1.29 is 0 Å². The van der Waals surface area contributed by atoms with Gasteiger partial charge in [0.25, 0.3) is 0 Å². The number of aryl methyl sites for hydroxylation is 4. The number of aromatic amines is 3. The summed E-state index contributed by atoms with van der Waals surface area (Å²) >= 11 is 9.99. The lowest BCUT2D eigenvalue weighted by molar-refractivity contribution is 0.303. The van der Waals surface area contributed by atoms with Crippen LogP contribution in [0.5, 0.6) is 0 Å². The number of H-pyrrole nitrogens is 3. The van der Waals surface area contributed by atoms with E-state index in [1.165, 1.54) is 169 Å². The average Bonchev–Trinajstić information content (AvgIpc) is 3.78. The van der Waals surface area contributed by atoms with Crippen molar-refractivity contribution in [3.05, 3.63) is 89.5 Å². The second-order valence-corrected chi connectivity index (χ2v) is 21.4. The van der Waals surface area contributed by atoms with E-state index in [0.717, 1.165) is 34.4 Å². The number of fused-ring (bicyclic) bond motifs is 4. The molecule has 4 aromatic heterocycles. The van der Waals surface area contributed by atoms with Crippen molar-refractivity contribution in [3.63, 3.8) is 0 Å². The highest BCUT2D eigenvalue weighted by Crippen LogP contribution is 2.43. The maximum absolute atomic E-state index is 5.01. The fraction of sp³-hybridized carbons (Fsp3) is 0.542. The monoisotopic (exact) mass is 978 g/mol. The summed E-state index contributed by atoms with van der Waals surface area (Å²) in [4.78, 5) is 13.4. The van der Waals surface area contributed by atoms with Gasteiger partial charge in [-0.1, -0.05) is 12.1 Å². The summed E-state index contributed by atoms with van der Waals surface area (Å²) in [6, 6.07) is 11.2. The first-order valence-electron chi connectivity index (χ1n) is 23.8. The van der Waals surface area contributed by atoms with Gasteiger partial charge in [0.05, 0.1) is 23.5 Å². The Morgan fingerprint density at radius 1 is 0.646 bits per heavy atom. The van der Waals surface area contributed by atoms with Crippen molar-refractivity contribution >= 4 is 63.2 Å². The molecule has 0 aliphatic heterocycles. The molecule has 5 N–H and O–H groups in total. The molecule has 0 amide bonds. The third kappa shape index (κ3) is 9.63. The highest BCUT2D eigenvalue weighted by atomic mass is 79.9. The first kappa shape index (κ1) is 44.5. The fourth-order valence-corrected chi connectivity index (χ4v) is 11.4. The van der Waals surface area contributed by atoms with Crippen LogP contribution in [0, 0.1) is 4.77 Å². The lowest BCUT2D eigenvalue weighted by atomic mass is 9.99. The van der Waals surface area contributed by atoms with Crippen molar-refractivity contribution in [2.24, 2.45) is 0 Å². The first-order valence-corrected chi connectivity index (χ1v) is 25.8. The van der Waals surface area contributed by atoms with Crippen molar-refractivity contribution in [2.75, 3.05) is 38.8 Å². The molecule has 2 aromatic carbocycles. The minimum Gasteiger partial charge on any atom is -0.324 e. The Bertz CT molecular complexity index is 2670. The summed E-state index contributed by atoms with van der Waals surface area (Å²) in [7, 11) is 8.43. The number of hydrogen-bond acceptors (Lipinski definition) is 11. The second kappa shape index (κ2) is 18.8. The molecule has 0 spiro atoms. The fourth-order valence-electron chi connectivity index (χ4n) is 10.1. The van der Waals surface area contributed by atoms with Gasteiger partial charge in [-0.2, -0.15) is 20.2 Å². The zero-order valence-electron chi connectivity index (χ0n) is 38.7. The van der Waals surface area contributed by atoms with Gasteiger partial charge in [-0.05, 0) is 241 Å². The average molecular weight is 980 g/mol. The van der Waals surface area contributed by atoms with Crippen molar-refractivity contribution in [2.45, 2.75) is 151 Å². The summed E-state index contributed by atoms with van der Waals surface area (Å²) < 4.78 is 5.84. The number of benzene rings is 2. The van der Waals surface area contributed by atoms with E-state index < -0.39 is 0 Å². The van der Waals surface area contributed by atoms with Crippen LogP contribution in [-0.2, 0) is 51.4 Å². The molecule has 12 rings (SSSR count). The quantitative estimate of drug-likeness (QED) is 0.0745. The summed E-state index contributed by atoms with van der Waals surface area (Å²) in [6.07, 6.45) is 19.5. The summed E-state index contributed by atoms with van der Waals surface area (Å²) in [5.41, 5.74) is 17.2. The zero-order valence-corrected chi connectivity index (χ0v) is 41.9. The standard InChI is InChI=1S/C24H31N7S.C14H16N4S.C10H16BrN3/c1-14(30(2)3)20-13-21(29-31(20)17-10-11-17)32-24-26-23(27-28-24)25-22-18-8-4-6-15(18)12-16-7-5-9-19(16)22;19-14-16-13(17-18-14)15-12-10-5-1-3-8(10)7-9-4-2-6-11(9)12;1-7(13(2)3)9-6-10(11)12-14(9)8-4-5-8/h12-14,17H,4-11H2,1-3H3,(H2,25,26,27,28);7H,1-6H2,(H3,15,16,17,18,19);6-8H,4-5H2,1-3H3. The Kier molecular flexibility index (Phi) is 12.9. The molecule has 2 saturated carbocycles. The molecule has 0 saturated heterocycles. The largest absolute Gasteiger partial charge is 0.324 e. The van der Waals surface area contributed by atoms with E-state index in [4.69, 9.17) is 22.3 Å². The smallest absolute Gasteiger partial charge is 0.224 e. The molecule has 2 unspecified atom stereocenters. The van der Waals surface area contributed by atoms with E-state index >= 15 is 0 Å². The highest BCUT2D eigenvalue weighted by molar-refractivity contribution is 9.10. The second-order valence-electron chi connectivity index (χ2n) is 19.2. The van der Waals surface area contributed by atoms with Gasteiger partial charge < -0.3 is 20.4 Å². The lowest BCUT2D eigenvalue weighted by Gasteiger charge is -2.20. The number of rotatable bonds is 12. The predicted octanol–water partition coefficient (Wildman–Crippen LogP) is 10.6. The van der Waals surface area contributed by atoms with Crippen LogP contribution in [0.4, 0.5) is 23.3 Å². The maximum atomic E-state index is 5.01. The van der Waals surface area contributed by atoms with Crippen molar-refractivity contribution in [1.29, 1.82) is 0 Å². The maximum Gasteiger partial charge on any atom is 0.224 e. The highest BCUT2D eigenvalue weighted by Gasteiger charge is 2.31. The molecular formula is C48H63BrN14S2. The summed E-state index contributed by atoms with van der Waals surface area (Å²) in [6.45, 7) is 4.44. The van der Waals surface area contributed by atoms with E-state index in [1.54, 1.807) is 0 Å². The van der Waals surface area contributed by atoms with E-state index in [-0.39, 0.29) is 0 Å². The van der Waals surface area contributed by atoms with E-state index in [9.17, 15) is 0 Å². The third-order valence-electron chi connectivity index (χ3n) is 14.3. The zero-order chi connectivity index (χ0) is 44.9. The minimum absolute atomic E-state index is 0.323. The number of halogens is 1. The van der Waals surface area contributed by atoms with E-state index in [1.807, 2.05) is 0 Å². The third-order valence-corrected chi connectivity index (χ3v) is 15.6. The topological polar surface area (TPSA) is 152 Å². The van der Waals surface area contributed by atoms with Gasteiger partial charge in [-0.25, -0.2) is 5.10 Å². The Balaban J connectivity index is 0.000000127. The number of aromatic nitrogens is 10. The first-order chi connectivity index (χ1) is 31.5.